The first-order chi connectivity index (χ1) is 25.4. The van der Waals surface area contributed by atoms with Crippen LogP contribution in [-0.4, -0.2) is 16.9 Å². The third-order valence-electron chi connectivity index (χ3n) is 11.3. The summed E-state index contributed by atoms with van der Waals surface area (Å²) in [5.74, 6) is 3.44. The molecule has 3 N–H and O–H groups in total. The number of nitrogens with two attached hydrogens (primary N) is 1. The third-order valence-corrected chi connectivity index (χ3v) is 11.3. The lowest BCUT2D eigenvalue weighted by atomic mass is 9.58. The molecule has 256 valence electrons. The Morgan fingerprint density at radius 1 is 0.942 bits per heavy atom. The molecule has 3 unspecified atom stereocenters. The van der Waals surface area contributed by atoms with E-state index in [0.29, 0.717) is 6.42 Å². The Balaban J connectivity index is 1.25. The fourth-order valence-electron chi connectivity index (χ4n) is 9.01. The van der Waals surface area contributed by atoms with Gasteiger partial charge in [-0.1, -0.05) is 109 Å². The number of anilines is 1. The molecule has 4 aromatic carbocycles. The normalized spacial score (nSPS) is 23.1. The monoisotopic (exact) mass is 679 g/mol. The van der Waals surface area contributed by atoms with Crippen LogP contribution in [0, 0.1) is 5.41 Å². The average molecular weight is 680 g/mol. The summed E-state index contributed by atoms with van der Waals surface area (Å²) in [6, 6.07) is 32.2. The van der Waals surface area contributed by atoms with Gasteiger partial charge in [0, 0.05) is 46.7 Å². The van der Waals surface area contributed by atoms with Gasteiger partial charge >= 0.3 is 0 Å². The first-order valence-corrected chi connectivity index (χ1v) is 18.1. The summed E-state index contributed by atoms with van der Waals surface area (Å²) in [5, 5.41) is 8.70. The summed E-state index contributed by atoms with van der Waals surface area (Å²) in [4.78, 5) is 0. The smallest absolute Gasteiger partial charge is 0.132 e. The predicted octanol–water partition coefficient (Wildman–Crippen LogP) is 11.3. The van der Waals surface area contributed by atoms with Gasteiger partial charge in [-0.3, -0.25) is 0 Å². The van der Waals surface area contributed by atoms with Crippen molar-refractivity contribution in [3.05, 3.63) is 173 Å². The number of benzene rings is 4. The molecule has 0 amide bonds. The average Bonchev–Trinajstić information content (AvgIpc) is 3.46. The zero-order chi connectivity index (χ0) is 35.6. The summed E-state index contributed by atoms with van der Waals surface area (Å²) >= 11 is 0. The molecule has 5 aromatic rings. The lowest BCUT2D eigenvalue weighted by Crippen LogP contribution is -2.47. The number of nitrogen functional groups attached to an aromatic ring is 1. The minimum atomic E-state index is -0.616. The molecule has 5 heteroatoms. The molecule has 9 rings (SSSR count). The molecule has 2 aliphatic heterocycles. The second-order valence-electron chi connectivity index (χ2n) is 14.4. The van der Waals surface area contributed by atoms with Crippen LogP contribution in [0.4, 0.5) is 5.82 Å². The maximum Gasteiger partial charge on any atom is 0.132 e. The maximum atomic E-state index is 7.56. The van der Waals surface area contributed by atoms with Crippen molar-refractivity contribution in [1.82, 2.24) is 4.57 Å². The van der Waals surface area contributed by atoms with Gasteiger partial charge in [0.25, 0.3) is 0 Å². The highest BCUT2D eigenvalue weighted by Gasteiger charge is 2.55. The Kier molecular flexibility index (Phi) is 7.37. The molecule has 0 radical (unpaired) electrons. The number of hydrogen-bond donors (Lipinski definition) is 2. The molecule has 1 spiro atoms. The zero-order valence-corrected chi connectivity index (χ0v) is 29.7. The van der Waals surface area contributed by atoms with Crippen molar-refractivity contribution in [1.29, 1.82) is 5.41 Å². The number of nitrogens with one attached hydrogen (secondary N) is 1. The van der Waals surface area contributed by atoms with Gasteiger partial charge in [0.1, 0.15) is 29.2 Å². The van der Waals surface area contributed by atoms with E-state index in [2.05, 4.69) is 145 Å². The Bertz CT molecular complexity index is 2500. The number of allylic oxidation sites excluding steroid dienone is 9. The van der Waals surface area contributed by atoms with Gasteiger partial charge in [-0.15, -0.1) is 0 Å². The summed E-state index contributed by atoms with van der Waals surface area (Å²) < 4.78 is 16.2. The van der Waals surface area contributed by atoms with E-state index in [1.165, 1.54) is 11.8 Å². The van der Waals surface area contributed by atoms with Crippen molar-refractivity contribution in [3.8, 4) is 22.6 Å². The molecule has 3 heterocycles. The van der Waals surface area contributed by atoms with Crippen LogP contribution >= 0.6 is 0 Å². The highest BCUT2D eigenvalue weighted by atomic mass is 16.5. The van der Waals surface area contributed by atoms with Crippen molar-refractivity contribution < 1.29 is 9.47 Å². The van der Waals surface area contributed by atoms with Crippen LogP contribution < -0.4 is 10.5 Å². The van der Waals surface area contributed by atoms with Crippen LogP contribution in [-0.2, 0) is 15.7 Å². The summed E-state index contributed by atoms with van der Waals surface area (Å²) in [6.07, 6.45) is 19.9. The van der Waals surface area contributed by atoms with E-state index < -0.39 is 11.0 Å². The molecule has 2 aliphatic carbocycles. The van der Waals surface area contributed by atoms with Crippen LogP contribution in [0.3, 0.4) is 0 Å². The predicted molar refractivity (Wildman–Crippen MR) is 214 cm³/mol. The number of fused-ring (bicyclic) bond motifs is 8. The molecular weight excluding hydrogens is 639 g/mol. The minimum absolute atomic E-state index is 0.129. The summed E-state index contributed by atoms with van der Waals surface area (Å²) in [5.41, 5.74) is 17.0. The first-order valence-electron chi connectivity index (χ1n) is 18.1. The van der Waals surface area contributed by atoms with Gasteiger partial charge in [-0.25, -0.2) is 0 Å². The first kappa shape index (κ1) is 31.9. The fourth-order valence-corrected chi connectivity index (χ4v) is 9.01. The van der Waals surface area contributed by atoms with Crippen LogP contribution in [0.15, 0.2) is 150 Å². The van der Waals surface area contributed by atoms with Crippen LogP contribution in [0.25, 0.3) is 33.7 Å². The number of hydrogen-bond acceptors (Lipinski definition) is 4. The largest absolute Gasteiger partial charge is 0.490 e. The fraction of sp³-hybridized carbons (Fsp3) is 0.170. The second kappa shape index (κ2) is 12.0. The van der Waals surface area contributed by atoms with E-state index in [4.69, 9.17) is 20.6 Å². The Hall–Kier alpha value is -6.07. The molecule has 3 atom stereocenters. The van der Waals surface area contributed by atoms with Gasteiger partial charge in [0.05, 0.1) is 16.5 Å². The molecule has 4 aliphatic rings. The van der Waals surface area contributed by atoms with Gasteiger partial charge in [0.2, 0.25) is 0 Å². The minimum Gasteiger partial charge on any atom is -0.490 e. The molecule has 0 bridgehead atoms. The standard InChI is InChI=1S/C47H41N3O2/c1-4-12-35-34-15-5-8-18-40(34)50(45(35)49)46(3)25-23-39-44(29-46)52-42-20-10-7-17-37(42)47(39)36-16-6-9-19-41(36)51-43-28-33(21-22-38(43)47)32-14-11-13-31(27-32)30(2)24-26-48/h4-19,21-28,42,48H,20,29,49H2,1-3H3/b12-4-,30-24+,48-26?. The van der Waals surface area contributed by atoms with Gasteiger partial charge < -0.3 is 25.2 Å². The van der Waals surface area contributed by atoms with Crippen LogP contribution in [0.2, 0.25) is 0 Å². The number of nitrogens with zero attached hydrogens (tertiary/aromatic N) is 1. The Labute approximate surface area is 304 Å². The molecule has 0 saturated carbocycles. The van der Waals surface area contributed by atoms with Gasteiger partial charge in [-0.2, -0.15) is 0 Å². The number of aromatic nitrogens is 1. The van der Waals surface area contributed by atoms with E-state index in [1.807, 2.05) is 19.9 Å². The number of ether oxygens (including phenoxy) is 2. The summed E-state index contributed by atoms with van der Waals surface area (Å²) in [7, 11) is 0. The molecule has 0 fully saturated rings. The van der Waals surface area contributed by atoms with E-state index in [9.17, 15) is 0 Å². The highest BCUT2D eigenvalue weighted by Crippen LogP contribution is 2.62. The van der Waals surface area contributed by atoms with E-state index in [0.717, 1.165) is 84.9 Å². The van der Waals surface area contributed by atoms with Crippen LogP contribution in [0.5, 0.6) is 11.5 Å². The van der Waals surface area contributed by atoms with Crippen molar-refractivity contribution in [2.45, 2.75) is 50.7 Å². The van der Waals surface area contributed by atoms with E-state index in [1.54, 1.807) is 0 Å². The Morgan fingerprint density at radius 2 is 1.75 bits per heavy atom. The molecule has 0 saturated heterocycles. The second-order valence-corrected chi connectivity index (χ2v) is 14.4. The Morgan fingerprint density at radius 3 is 2.62 bits per heavy atom. The maximum absolute atomic E-state index is 7.56. The third kappa shape index (κ3) is 4.58. The van der Waals surface area contributed by atoms with Crippen molar-refractivity contribution in [2.24, 2.45) is 0 Å². The lowest BCUT2D eigenvalue weighted by Gasteiger charge is -2.51. The van der Waals surface area contributed by atoms with Crippen molar-refractivity contribution >= 4 is 34.6 Å². The topological polar surface area (TPSA) is 73.3 Å². The highest BCUT2D eigenvalue weighted by molar-refractivity contribution is 5.96. The quantitative estimate of drug-likeness (QED) is 0.182. The summed E-state index contributed by atoms with van der Waals surface area (Å²) in [6.45, 7) is 6.34. The van der Waals surface area contributed by atoms with E-state index >= 15 is 0 Å². The molecule has 52 heavy (non-hydrogen) atoms. The lowest BCUT2D eigenvalue weighted by molar-refractivity contribution is 0.0971. The molecular formula is C47H41N3O2. The van der Waals surface area contributed by atoms with Crippen molar-refractivity contribution in [3.63, 3.8) is 0 Å². The van der Waals surface area contributed by atoms with E-state index in [-0.39, 0.29) is 6.10 Å². The number of rotatable bonds is 5. The van der Waals surface area contributed by atoms with Crippen LogP contribution in [0.1, 0.15) is 55.9 Å². The van der Waals surface area contributed by atoms with Gasteiger partial charge in [0.15, 0.2) is 0 Å². The SMILES string of the molecule is C/C=C\c1c(N)n(C2(C)C=CC3=C(C2)OC2CC=CC=C2C32c3ccccc3Oc3cc(-c4cccc(/C(C)=C/C=N)c4)ccc32)c2ccccc12. The molecule has 1 aromatic heterocycles. The zero-order valence-electron chi connectivity index (χ0n) is 29.7. The number of para-hydroxylation sites is 2. The van der Waals surface area contributed by atoms with Gasteiger partial charge in [-0.05, 0) is 78.9 Å². The van der Waals surface area contributed by atoms with Crippen molar-refractivity contribution in [2.75, 3.05) is 5.73 Å². The molecule has 5 nitrogen and oxygen atoms in total.